The number of carbonyl (C=O) groups is 1. The maximum atomic E-state index is 11.2. The predicted molar refractivity (Wildman–Crippen MR) is 102 cm³/mol. The van der Waals surface area contributed by atoms with Gasteiger partial charge in [0.2, 0.25) is 5.88 Å². The number of aromatic nitrogens is 1. The van der Waals surface area contributed by atoms with Gasteiger partial charge in [0.15, 0.2) is 0 Å². The van der Waals surface area contributed by atoms with Crippen LogP contribution in [-0.2, 0) is 11.2 Å². The van der Waals surface area contributed by atoms with Gasteiger partial charge in [-0.2, -0.15) is 4.98 Å². The fourth-order valence-corrected chi connectivity index (χ4v) is 4.00. The van der Waals surface area contributed by atoms with Gasteiger partial charge in [-0.3, -0.25) is 9.69 Å². The van der Waals surface area contributed by atoms with Crippen molar-refractivity contribution in [3.8, 4) is 5.88 Å². The van der Waals surface area contributed by atoms with Crippen LogP contribution in [0.5, 0.6) is 5.88 Å². The lowest BCUT2D eigenvalue weighted by atomic mass is 10.1. The molecule has 1 aromatic carbocycles. The summed E-state index contributed by atoms with van der Waals surface area (Å²) in [4.78, 5) is 18.3. The first kappa shape index (κ1) is 17.0. The molecule has 5 heteroatoms. The SMILES string of the molecule is CC(=O)CNc1cccc(O[C@H]2c3ccccc3C[C@@H]2N2CCCC2)n1. The first-order valence-electron chi connectivity index (χ1n) is 9.39. The number of ketones is 1. The Morgan fingerprint density at radius 3 is 2.81 bits per heavy atom. The minimum Gasteiger partial charge on any atom is -0.468 e. The Bertz CT molecular complexity index is 786. The van der Waals surface area contributed by atoms with Crippen molar-refractivity contribution < 1.29 is 9.53 Å². The second-order valence-electron chi connectivity index (χ2n) is 7.17. The normalized spacial score (nSPS) is 22.2. The lowest BCUT2D eigenvalue weighted by Crippen LogP contribution is -2.38. The Morgan fingerprint density at radius 2 is 2.00 bits per heavy atom. The molecule has 2 heterocycles. The number of nitrogens with zero attached hydrogens (tertiary/aromatic N) is 2. The van der Waals surface area contributed by atoms with E-state index in [4.69, 9.17) is 4.74 Å². The lowest BCUT2D eigenvalue weighted by molar-refractivity contribution is -0.115. The minimum absolute atomic E-state index is 0.000132. The Hall–Kier alpha value is -2.40. The van der Waals surface area contributed by atoms with E-state index in [1.165, 1.54) is 24.0 Å². The molecule has 5 nitrogen and oxygen atoms in total. The third-order valence-electron chi connectivity index (χ3n) is 5.24. The van der Waals surface area contributed by atoms with E-state index in [9.17, 15) is 4.79 Å². The smallest absolute Gasteiger partial charge is 0.215 e. The van der Waals surface area contributed by atoms with E-state index in [0.717, 1.165) is 19.5 Å². The van der Waals surface area contributed by atoms with Gasteiger partial charge < -0.3 is 10.1 Å². The van der Waals surface area contributed by atoms with Crippen molar-refractivity contribution in [3.63, 3.8) is 0 Å². The minimum atomic E-state index is -0.000132. The Morgan fingerprint density at radius 1 is 1.19 bits per heavy atom. The zero-order valence-corrected chi connectivity index (χ0v) is 15.1. The van der Waals surface area contributed by atoms with E-state index in [1.54, 1.807) is 6.92 Å². The highest BCUT2D eigenvalue weighted by molar-refractivity contribution is 5.80. The maximum absolute atomic E-state index is 11.2. The van der Waals surface area contributed by atoms with Crippen LogP contribution in [0.25, 0.3) is 0 Å². The number of rotatable bonds is 6. The van der Waals surface area contributed by atoms with Gasteiger partial charge in [-0.25, -0.2) is 0 Å². The molecule has 2 aliphatic rings. The Labute approximate surface area is 154 Å². The summed E-state index contributed by atoms with van der Waals surface area (Å²) in [5.74, 6) is 1.35. The third kappa shape index (κ3) is 3.58. The topological polar surface area (TPSA) is 54.5 Å². The van der Waals surface area contributed by atoms with E-state index < -0.39 is 0 Å². The summed E-state index contributed by atoms with van der Waals surface area (Å²) in [5, 5.41) is 3.04. The number of pyridine rings is 1. The highest BCUT2D eigenvalue weighted by atomic mass is 16.5. The van der Waals surface area contributed by atoms with Gasteiger partial charge in [-0.1, -0.05) is 30.3 Å². The number of ether oxygens (including phenoxy) is 1. The summed E-state index contributed by atoms with van der Waals surface area (Å²) < 4.78 is 6.40. The van der Waals surface area contributed by atoms with Crippen LogP contribution < -0.4 is 10.1 Å². The zero-order chi connectivity index (χ0) is 17.9. The zero-order valence-electron chi connectivity index (χ0n) is 15.1. The van der Waals surface area contributed by atoms with Crippen LogP contribution in [0.3, 0.4) is 0 Å². The average molecular weight is 351 g/mol. The summed E-state index contributed by atoms with van der Waals surface area (Å²) in [6.07, 6.45) is 3.56. The van der Waals surface area contributed by atoms with Gasteiger partial charge in [0.1, 0.15) is 17.7 Å². The molecule has 0 bridgehead atoms. The molecule has 1 aromatic heterocycles. The maximum Gasteiger partial charge on any atom is 0.215 e. The van der Waals surface area contributed by atoms with Gasteiger partial charge in [-0.05, 0) is 56.5 Å². The molecule has 1 fully saturated rings. The van der Waals surface area contributed by atoms with Crippen LogP contribution in [0.1, 0.15) is 37.0 Å². The number of benzene rings is 1. The van der Waals surface area contributed by atoms with Crippen molar-refractivity contribution in [2.24, 2.45) is 0 Å². The first-order valence-corrected chi connectivity index (χ1v) is 9.39. The quantitative estimate of drug-likeness (QED) is 0.866. The van der Waals surface area contributed by atoms with Crippen molar-refractivity contribution in [3.05, 3.63) is 53.6 Å². The third-order valence-corrected chi connectivity index (χ3v) is 5.24. The fraction of sp³-hybridized carbons (Fsp3) is 0.429. The van der Waals surface area contributed by atoms with Crippen LogP contribution in [-0.4, -0.2) is 41.3 Å². The monoisotopic (exact) mass is 351 g/mol. The molecule has 0 spiro atoms. The molecule has 2 aromatic rings. The molecule has 0 radical (unpaired) electrons. The molecule has 1 N–H and O–H groups in total. The molecule has 1 aliphatic heterocycles. The van der Waals surface area contributed by atoms with Crippen molar-refractivity contribution in [1.82, 2.24) is 9.88 Å². The van der Waals surface area contributed by atoms with E-state index in [2.05, 4.69) is 39.5 Å². The second-order valence-corrected chi connectivity index (χ2v) is 7.17. The predicted octanol–water partition coefficient (Wildman–Crippen LogP) is 3.22. The first-order chi connectivity index (χ1) is 12.7. The van der Waals surface area contributed by atoms with Crippen molar-refractivity contribution in [2.45, 2.75) is 38.3 Å². The Balaban J connectivity index is 1.56. The van der Waals surface area contributed by atoms with Crippen LogP contribution in [0.2, 0.25) is 0 Å². The highest BCUT2D eigenvalue weighted by Crippen LogP contribution is 2.38. The lowest BCUT2D eigenvalue weighted by Gasteiger charge is -2.29. The molecular weight excluding hydrogens is 326 g/mol. The summed E-state index contributed by atoms with van der Waals surface area (Å²) in [6, 6.07) is 14.6. The van der Waals surface area contributed by atoms with Gasteiger partial charge in [0.05, 0.1) is 12.6 Å². The molecule has 136 valence electrons. The van der Waals surface area contributed by atoms with Crippen molar-refractivity contribution >= 4 is 11.6 Å². The number of carbonyl (C=O) groups excluding carboxylic acids is 1. The molecule has 1 aliphatic carbocycles. The van der Waals surface area contributed by atoms with Crippen LogP contribution >= 0.6 is 0 Å². The van der Waals surface area contributed by atoms with Gasteiger partial charge in [-0.15, -0.1) is 0 Å². The molecule has 0 unspecified atom stereocenters. The van der Waals surface area contributed by atoms with Crippen molar-refractivity contribution in [1.29, 1.82) is 0 Å². The van der Waals surface area contributed by atoms with Crippen LogP contribution in [0.4, 0.5) is 5.82 Å². The van der Waals surface area contributed by atoms with Gasteiger partial charge in [0, 0.05) is 6.07 Å². The van der Waals surface area contributed by atoms with E-state index >= 15 is 0 Å². The summed E-state index contributed by atoms with van der Waals surface area (Å²) >= 11 is 0. The average Bonchev–Trinajstić information content (AvgIpc) is 3.29. The van der Waals surface area contributed by atoms with E-state index in [1.807, 2.05) is 18.2 Å². The number of likely N-dealkylation sites (tertiary alicyclic amines) is 1. The highest BCUT2D eigenvalue weighted by Gasteiger charge is 2.38. The van der Waals surface area contributed by atoms with Crippen molar-refractivity contribution in [2.75, 3.05) is 25.0 Å². The molecule has 0 amide bonds. The van der Waals surface area contributed by atoms with Gasteiger partial charge in [0.25, 0.3) is 0 Å². The molecular formula is C21H25N3O2. The summed E-state index contributed by atoms with van der Waals surface area (Å²) in [5.41, 5.74) is 2.65. The number of fused-ring (bicyclic) bond motifs is 1. The summed E-state index contributed by atoms with van der Waals surface area (Å²) in [6.45, 7) is 4.13. The van der Waals surface area contributed by atoms with Gasteiger partial charge >= 0.3 is 0 Å². The molecule has 4 rings (SSSR count). The molecule has 26 heavy (non-hydrogen) atoms. The largest absolute Gasteiger partial charge is 0.468 e. The summed E-state index contributed by atoms with van der Waals surface area (Å²) in [7, 11) is 0. The number of nitrogens with one attached hydrogen (secondary N) is 1. The molecule has 0 saturated carbocycles. The van der Waals surface area contributed by atoms with Crippen LogP contribution in [0.15, 0.2) is 42.5 Å². The number of hydrogen-bond donors (Lipinski definition) is 1. The Kier molecular flexibility index (Phi) is 4.89. The molecule has 1 saturated heterocycles. The van der Waals surface area contributed by atoms with Crippen LogP contribution in [0, 0.1) is 0 Å². The number of Topliss-reactive ketones (excluding diaryl/α,β-unsaturated/α-hetero) is 1. The fourth-order valence-electron chi connectivity index (χ4n) is 4.00. The second kappa shape index (κ2) is 7.46. The number of hydrogen-bond acceptors (Lipinski definition) is 5. The van der Waals surface area contributed by atoms with E-state index in [-0.39, 0.29) is 18.4 Å². The standard InChI is InChI=1S/C21H25N3O2/c1-15(25)14-22-19-9-6-10-20(23-19)26-21-17-8-3-2-7-16(17)13-18(21)24-11-4-5-12-24/h2-3,6-10,18,21H,4-5,11-14H2,1H3,(H,22,23)/t18-,21-/m0/s1. The number of anilines is 1. The van der Waals surface area contributed by atoms with E-state index in [0.29, 0.717) is 17.7 Å². The molecule has 2 atom stereocenters.